The summed E-state index contributed by atoms with van der Waals surface area (Å²) in [6, 6.07) is 8.74. The molecule has 0 amide bonds. The van der Waals surface area contributed by atoms with Crippen molar-refractivity contribution in [1.29, 1.82) is 0 Å². The fourth-order valence-electron chi connectivity index (χ4n) is 1.54. The molecule has 1 aromatic heterocycles. The van der Waals surface area contributed by atoms with Gasteiger partial charge >= 0.3 is 0 Å². The summed E-state index contributed by atoms with van der Waals surface area (Å²) >= 11 is 1.88. The normalized spacial score (nSPS) is 12.2. The highest BCUT2D eigenvalue weighted by Gasteiger charge is 2.18. The number of hydrogen-bond acceptors (Lipinski definition) is 1. The molecule has 2 heteroatoms. The molecular formula is C12H15NS. The summed E-state index contributed by atoms with van der Waals surface area (Å²) < 4.78 is 0.194. The molecule has 0 fully saturated rings. The molecule has 0 spiro atoms. The lowest BCUT2D eigenvalue weighted by Gasteiger charge is -2.22. The Hall–Kier alpha value is -0.890. The molecule has 2 rings (SSSR count). The van der Waals surface area contributed by atoms with Crippen LogP contribution in [0.25, 0.3) is 10.9 Å². The van der Waals surface area contributed by atoms with Gasteiger partial charge in [-0.15, -0.1) is 0 Å². The van der Waals surface area contributed by atoms with Crippen molar-refractivity contribution in [1.82, 2.24) is 4.98 Å². The number of aromatic nitrogens is 1. The first kappa shape index (κ1) is 9.66. The lowest BCUT2D eigenvalue weighted by molar-refractivity contribution is 0.787. The average Bonchev–Trinajstić information content (AvgIpc) is 2.64. The van der Waals surface area contributed by atoms with E-state index in [0.717, 1.165) is 0 Å². The van der Waals surface area contributed by atoms with Crippen LogP contribution in [0.1, 0.15) is 19.4 Å². The molecule has 0 saturated carbocycles. The first-order chi connectivity index (χ1) is 6.63. The number of benzene rings is 1. The van der Waals surface area contributed by atoms with Crippen LogP contribution in [-0.4, -0.2) is 11.2 Å². The molecule has 0 saturated heterocycles. The summed E-state index contributed by atoms with van der Waals surface area (Å²) in [6.07, 6.45) is 4.14. The van der Waals surface area contributed by atoms with Crippen LogP contribution in [0.5, 0.6) is 0 Å². The molecule has 0 bridgehead atoms. The molecule has 74 valence electrons. The van der Waals surface area contributed by atoms with E-state index in [1.165, 1.54) is 16.5 Å². The highest BCUT2D eigenvalue weighted by Crippen LogP contribution is 2.34. The van der Waals surface area contributed by atoms with E-state index in [0.29, 0.717) is 0 Å². The van der Waals surface area contributed by atoms with Crippen LogP contribution in [0.2, 0.25) is 0 Å². The van der Waals surface area contributed by atoms with Crippen LogP contribution in [0.4, 0.5) is 0 Å². The zero-order valence-electron chi connectivity index (χ0n) is 8.79. The van der Waals surface area contributed by atoms with Crippen molar-refractivity contribution >= 4 is 22.7 Å². The quantitative estimate of drug-likeness (QED) is 0.789. The molecule has 2 aromatic rings. The molecule has 0 unspecified atom stereocenters. The van der Waals surface area contributed by atoms with E-state index in [1.807, 2.05) is 18.0 Å². The van der Waals surface area contributed by atoms with Crippen molar-refractivity contribution in [3.8, 4) is 0 Å². The lowest BCUT2D eigenvalue weighted by Crippen LogP contribution is -2.10. The fraction of sp³-hybridized carbons (Fsp3) is 0.333. The molecule has 14 heavy (non-hydrogen) atoms. The Labute approximate surface area is 88.9 Å². The number of rotatable bonds is 2. The Morgan fingerprint density at radius 3 is 2.71 bits per heavy atom. The van der Waals surface area contributed by atoms with Crippen LogP contribution in [0, 0.1) is 0 Å². The van der Waals surface area contributed by atoms with Gasteiger partial charge in [-0.25, -0.2) is 0 Å². The van der Waals surface area contributed by atoms with Crippen molar-refractivity contribution in [2.24, 2.45) is 0 Å². The largest absolute Gasteiger partial charge is 0.361 e. The topological polar surface area (TPSA) is 15.8 Å². The predicted molar refractivity (Wildman–Crippen MR) is 64.8 cm³/mol. The van der Waals surface area contributed by atoms with E-state index >= 15 is 0 Å². The van der Waals surface area contributed by atoms with Gasteiger partial charge in [-0.3, -0.25) is 0 Å². The number of fused-ring (bicyclic) bond motifs is 1. The van der Waals surface area contributed by atoms with Crippen molar-refractivity contribution < 1.29 is 0 Å². The van der Waals surface area contributed by atoms with Gasteiger partial charge in [0.05, 0.1) is 0 Å². The maximum atomic E-state index is 3.25. The Bertz CT molecular complexity index is 442. The lowest BCUT2D eigenvalue weighted by atomic mass is 10.0. The Morgan fingerprint density at radius 1 is 1.21 bits per heavy atom. The molecule has 0 aliphatic rings. The molecule has 1 N–H and O–H groups in total. The Morgan fingerprint density at radius 2 is 2.00 bits per heavy atom. The zero-order valence-corrected chi connectivity index (χ0v) is 9.61. The number of nitrogens with one attached hydrogen (secondary N) is 1. The summed E-state index contributed by atoms with van der Waals surface area (Å²) in [5, 5.41) is 1.28. The monoisotopic (exact) mass is 205 g/mol. The third-order valence-electron chi connectivity index (χ3n) is 2.76. The van der Waals surface area contributed by atoms with Gasteiger partial charge in [0.25, 0.3) is 0 Å². The van der Waals surface area contributed by atoms with E-state index in [1.54, 1.807) is 0 Å². The van der Waals surface area contributed by atoms with Crippen molar-refractivity contribution in [3.05, 3.63) is 36.0 Å². The second-order valence-electron chi connectivity index (χ2n) is 3.99. The first-order valence-electron chi connectivity index (χ1n) is 4.76. The minimum atomic E-state index is 0.194. The van der Waals surface area contributed by atoms with E-state index in [-0.39, 0.29) is 4.75 Å². The van der Waals surface area contributed by atoms with E-state index in [9.17, 15) is 0 Å². The average molecular weight is 205 g/mol. The molecular weight excluding hydrogens is 190 g/mol. The minimum absolute atomic E-state index is 0.194. The van der Waals surface area contributed by atoms with Gasteiger partial charge in [0.2, 0.25) is 0 Å². The van der Waals surface area contributed by atoms with Crippen LogP contribution >= 0.6 is 11.8 Å². The first-order valence-corrected chi connectivity index (χ1v) is 5.99. The zero-order chi connectivity index (χ0) is 10.2. The van der Waals surface area contributed by atoms with Gasteiger partial charge in [0.15, 0.2) is 0 Å². The van der Waals surface area contributed by atoms with Crippen molar-refractivity contribution in [3.63, 3.8) is 0 Å². The van der Waals surface area contributed by atoms with Crippen molar-refractivity contribution in [2.75, 3.05) is 6.26 Å². The number of hydrogen-bond donors (Lipinski definition) is 1. The molecule has 1 nitrogen and oxygen atoms in total. The van der Waals surface area contributed by atoms with Crippen molar-refractivity contribution in [2.45, 2.75) is 18.6 Å². The standard InChI is InChI=1S/C12H15NS/c1-12(2,14-3)10-5-4-9-6-7-13-11(9)8-10/h4-8,13H,1-3H3. The molecule has 0 radical (unpaired) electrons. The maximum absolute atomic E-state index is 3.25. The van der Waals surface area contributed by atoms with Crippen LogP contribution in [0.3, 0.4) is 0 Å². The highest BCUT2D eigenvalue weighted by molar-refractivity contribution is 7.99. The van der Waals surface area contributed by atoms with Gasteiger partial charge < -0.3 is 4.98 Å². The second kappa shape index (κ2) is 3.35. The van der Waals surface area contributed by atoms with E-state index in [2.05, 4.69) is 49.4 Å². The molecule has 0 aliphatic heterocycles. The van der Waals surface area contributed by atoms with E-state index in [4.69, 9.17) is 0 Å². The third-order valence-corrected chi connectivity index (χ3v) is 4.02. The fourth-order valence-corrected chi connectivity index (χ4v) is 1.90. The van der Waals surface area contributed by atoms with Gasteiger partial charge in [0.1, 0.15) is 0 Å². The minimum Gasteiger partial charge on any atom is -0.361 e. The molecule has 1 heterocycles. The smallest absolute Gasteiger partial charge is 0.0457 e. The van der Waals surface area contributed by atoms with Gasteiger partial charge in [-0.1, -0.05) is 12.1 Å². The van der Waals surface area contributed by atoms with Gasteiger partial charge in [-0.05, 0) is 43.2 Å². The van der Waals surface area contributed by atoms with Crippen LogP contribution in [0.15, 0.2) is 30.5 Å². The summed E-state index contributed by atoms with van der Waals surface area (Å²) in [5.74, 6) is 0. The van der Waals surface area contributed by atoms with Gasteiger partial charge in [0, 0.05) is 16.5 Å². The number of H-pyrrole nitrogens is 1. The Kier molecular flexibility index (Phi) is 2.31. The van der Waals surface area contributed by atoms with Crippen LogP contribution in [-0.2, 0) is 4.75 Å². The maximum Gasteiger partial charge on any atom is 0.0457 e. The molecule has 0 atom stereocenters. The van der Waals surface area contributed by atoms with Crippen LogP contribution < -0.4 is 0 Å². The summed E-state index contributed by atoms with van der Waals surface area (Å²) in [5.41, 5.74) is 2.60. The molecule has 0 aliphatic carbocycles. The second-order valence-corrected chi connectivity index (χ2v) is 5.42. The number of aromatic amines is 1. The predicted octanol–water partition coefficient (Wildman–Crippen LogP) is 3.77. The van der Waals surface area contributed by atoms with Gasteiger partial charge in [-0.2, -0.15) is 11.8 Å². The van der Waals surface area contributed by atoms with E-state index < -0.39 is 0 Å². The number of thioether (sulfide) groups is 1. The molecule has 1 aromatic carbocycles. The third kappa shape index (κ3) is 1.55. The summed E-state index contributed by atoms with van der Waals surface area (Å²) in [7, 11) is 0. The highest BCUT2D eigenvalue weighted by atomic mass is 32.2. The summed E-state index contributed by atoms with van der Waals surface area (Å²) in [4.78, 5) is 3.25. The summed E-state index contributed by atoms with van der Waals surface area (Å²) in [6.45, 7) is 4.50. The Balaban J connectivity index is 2.53. The SMILES string of the molecule is CSC(C)(C)c1ccc2cc[nH]c2c1.